The highest BCUT2D eigenvalue weighted by Gasteiger charge is 2.23. The molecular formula is C14H25N3O3. The van der Waals surface area contributed by atoms with Crippen LogP contribution >= 0.6 is 0 Å². The van der Waals surface area contributed by atoms with Gasteiger partial charge < -0.3 is 14.9 Å². The van der Waals surface area contributed by atoms with Crippen molar-refractivity contribution in [3.63, 3.8) is 0 Å². The zero-order chi connectivity index (χ0) is 15.6. The van der Waals surface area contributed by atoms with E-state index in [1.807, 2.05) is 41.5 Å². The maximum Gasteiger partial charge on any atom is 0.320 e. The van der Waals surface area contributed by atoms with Crippen LogP contribution < -0.4 is 10.6 Å². The van der Waals surface area contributed by atoms with Crippen molar-refractivity contribution in [1.82, 2.24) is 10.5 Å². The predicted octanol–water partition coefficient (Wildman–Crippen LogP) is 2.50. The third kappa shape index (κ3) is 4.85. The van der Waals surface area contributed by atoms with Gasteiger partial charge in [-0.1, -0.05) is 46.7 Å². The van der Waals surface area contributed by atoms with Gasteiger partial charge in [0.15, 0.2) is 5.82 Å². The lowest BCUT2D eigenvalue weighted by Crippen LogP contribution is -2.40. The Morgan fingerprint density at radius 1 is 1.35 bits per heavy atom. The molecule has 20 heavy (non-hydrogen) atoms. The molecular weight excluding hydrogens is 258 g/mol. The van der Waals surface area contributed by atoms with Crippen molar-refractivity contribution in [3.05, 3.63) is 11.8 Å². The van der Waals surface area contributed by atoms with Crippen molar-refractivity contribution < 1.29 is 14.4 Å². The lowest BCUT2D eigenvalue weighted by atomic mass is 9.89. The molecule has 0 aliphatic heterocycles. The summed E-state index contributed by atoms with van der Waals surface area (Å²) in [5.41, 5.74) is -0.438. The molecule has 1 rings (SSSR count). The highest BCUT2D eigenvalue weighted by molar-refractivity contribution is 5.88. The Bertz CT molecular complexity index is 455. The first-order valence-electron chi connectivity index (χ1n) is 6.70. The van der Waals surface area contributed by atoms with E-state index in [-0.39, 0.29) is 17.4 Å². The van der Waals surface area contributed by atoms with Crippen LogP contribution in [0.4, 0.5) is 10.6 Å². The van der Waals surface area contributed by atoms with Crippen molar-refractivity contribution in [2.24, 2.45) is 5.41 Å². The van der Waals surface area contributed by atoms with Gasteiger partial charge in [0.2, 0.25) is 0 Å². The fourth-order valence-electron chi connectivity index (χ4n) is 1.34. The molecule has 1 aromatic heterocycles. The van der Waals surface area contributed by atoms with Crippen LogP contribution in [0.5, 0.6) is 0 Å². The van der Waals surface area contributed by atoms with Crippen LogP contribution in [-0.2, 0) is 5.41 Å². The van der Waals surface area contributed by atoms with E-state index < -0.39 is 12.1 Å². The number of urea groups is 1. The van der Waals surface area contributed by atoms with Gasteiger partial charge in [-0.2, -0.15) is 0 Å². The summed E-state index contributed by atoms with van der Waals surface area (Å²) in [5, 5.41) is 18.8. The number of amides is 2. The first-order chi connectivity index (χ1) is 9.00. The van der Waals surface area contributed by atoms with Gasteiger partial charge in [-0.15, -0.1) is 0 Å². The van der Waals surface area contributed by atoms with Crippen molar-refractivity contribution in [2.75, 3.05) is 11.9 Å². The van der Waals surface area contributed by atoms with Crippen molar-refractivity contribution in [2.45, 2.75) is 53.1 Å². The number of carbonyl (C=O) groups excluding carboxylic acids is 1. The third-order valence-electron chi connectivity index (χ3n) is 2.95. The first-order valence-corrected chi connectivity index (χ1v) is 6.70. The normalized spacial score (nSPS) is 13.9. The molecule has 3 N–H and O–H groups in total. The van der Waals surface area contributed by atoms with Crippen molar-refractivity contribution in [3.8, 4) is 0 Å². The summed E-state index contributed by atoms with van der Waals surface area (Å²) in [7, 11) is 0. The summed E-state index contributed by atoms with van der Waals surface area (Å²) in [6, 6.07) is 1.28. The number of carbonyl (C=O) groups is 1. The zero-order valence-electron chi connectivity index (χ0n) is 13.1. The highest BCUT2D eigenvalue weighted by atomic mass is 16.5. The molecule has 1 heterocycles. The molecule has 0 aliphatic rings. The Morgan fingerprint density at radius 2 is 1.95 bits per heavy atom. The topological polar surface area (TPSA) is 87.4 Å². The van der Waals surface area contributed by atoms with Gasteiger partial charge in [0, 0.05) is 18.0 Å². The number of nitrogens with one attached hydrogen (secondary N) is 2. The number of hydrogen-bond donors (Lipinski definition) is 3. The molecule has 0 fully saturated rings. The van der Waals surface area contributed by atoms with Gasteiger partial charge in [0.05, 0.1) is 6.10 Å². The summed E-state index contributed by atoms with van der Waals surface area (Å²) in [6.07, 6.45) is -0.615. The number of aromatic nitrogens is 1. The minimum atomic E-state index is -0.615. The van der Waals surface area contributed by atoms with Crippen LogP contribution in [0.1, 0.15) is 47.3 Å². The summed E-state index contributed by atoms with van der Waals surface area (Å²) >= 11 is 0. The van der Waals surface area contributed by atoms with Gasteiger partial charge in [0.1, 0.15) is 5.76 Å². The Kier molecular flexibility index (Phi) is 4.81. The molecule has 6 heteroatoms. The smallest absolute Gasteiger partial charge is 0.320 e. The Balaban J connectivity index is 2.49. The number of anilines is 1. The first kappa shape index (κ1) is 16.5. The van der Waals surface area contributed by atoms with Gasteiger partial charge in [-0.3, -0.25) is 5.32 Å². The fraction of sp³-hybridized carbons (Fsp3) is 0.714. The molecule has 0 saturated carbocycles. The molecule has 114 valence electrons. The van der Waals surface area contributed by atoms with Crippen LogP contribution in [0.25, 0.3) is 0 Å². The van der Waals surface area contributed by atoms with Gasteiger partial charge in [-0.05, 0) is 5.41 Å². The van der Waals surface area contributed by atoms with E-state index in [0.717, 1.165) is 0 Å². The Morgan fingerprint density at radius 3 is 2.40 bits per heavy atom. The standard InChI is InChI=1S/C14H25N3O3/c1-13(2,3)9(18)8-15-12(19)16-11-7-10(20-17-11)14(4,5)6/h7,9,18H,8H2,1-6H3,(H2,15,16,17,19). The second-order valence-corrected chi connectivity index (χ2v) is 7.04. The molecule has 0 aromatic carbocycles. The molecule has 0 bridgehead atoms. The van der Waals surface area contributed by atoms with E-state index in [4.69, 9.17) is 4.52 Å². The quantitative estimate of drug-likeness (QED) is 0.795. The monoisotopic (exact) mass is 283 g/mol. The van der Waals surface area contributed by atoms with Crippen LogP contribution in [0.3, 0.4) is 0 Å². The number of rotatable bonds is 3. The largest absolute Gasteiger partial charge is 0.391 e. The van der Waals surface area contributed by atoms with Crippen LogP contribution in [-0.4, -0.2) is 28.9 Å². The van der Waals surface area contributed by atoms with E-state index in [0.29, 0.717) is 11.6 Å². The maximum absolute atomic E-state index is 11.7. The molecule has 0 saturated heterocycles. The number of aliphatic hydroxyl groups is 1. The fourth-order valence-corrected chi connectivity index (χ4v) is 1.34. The van der Waals surface area contributed by atoms with Crippen molar-refractivity contribution in [1.29, 1.82) is 0 Å². The molecule has 0 radical (unpaired) electrons. The van der Waals surface area contributed by atoms with E-state index in [2.05, 4.69) is 15.8 Å². The minimum Gasteiger partial charge on any atom is -0.391 e. The van der Waals surface area contributed by atoms with E-state index >= 15 is 0 Å². The number of aliphatic hydroxyl groups excluding tert-OH is 1. The Hall–Kier alpha value is -1.56. The molecule has 1 unspecified atom stereocenters. The SMILES string of the molecule is CC(C)(C)c1cc(NC(=O)NCC(O)C(C)(C)C)no1. The Labute approximate surface area is 119 Å². The van der Waals surface area contributed by atoms with Crippen molar-refractivity contribution >= 4 is 11.8 Å². The number of nitrogens with zero attached hydrogens (tertiary/aromatic N) is 1. The highest BCUT2D eigenvalue weighted by Crippen LogP contribution is 2.24. The molecule has 0 spiro atoms. The maximum atomic E-state index is 11.7. The summed E-state index contributed by atoms with van der Waals surface area (Å²) in [6.45, 7) is 11.9. The van der Waals surface area contributed by atoms with E-state index in [1.54, 1.807) is 6.07 Å². The van der Waals surface area contributed by atoms with E-state index in [1.165, 1.54) is 0 Å². The van der Waals surface area contributed by atoms with Gasteiger partial charge >= 0.3 is 6.03 Å². The molecule has 0 aliphatic carbocycles. The van der Waals surface area contributed by atoms with Gasteiger partial charge in [0.25, 0.3) is 0 Å². The molecule has 1 atom stereocenters. The molecule has 1 aromatic rings. The second-order valence-electron chi connectivity index (χ2n) is 7.04. The average Bonchev–Trinajstić information content (AvgIpc) is 2.72. The van der Waals surface area contributed by atoms with E-state index in [9.17, 15) is 9.90 Å². The van der Waals surface area contributed by atoms with Crippen LogP contribution in [0.2, 0.25) is 0 Å². The summed E-state index contributed by atoms with van der Waals surface area (Å²) in [5.74, 6) is 1.06. The lowest BCUT2D eigenvalue weighted by Gasteiger charge is -2.25. The third-order valence-corrected chi connectivity index (χ3v) is 2.95. The number of hydrogen-bond acceptors (Lipinski definition) is 4. The second kappa shape index (κ2) is 5.83. The van der Waals surface area contributed by atoms with Crippen LogP contribution in [0, 0.1) is 5.41 Å². The lowest BCUT2D eigenvalue weighted by molar-refractivity contribution is 0.0654. The average molecular weight is 283 g/mol. The molecule has 6 nitrogen and oxygen atoms in total. The minimum absolute atomic E-state index is 0.161. The summed E-state index contributed by atoms with van der Waals surface area (Å²) < 4.78 is 5.17. The zero-order valence-corrected chi connectivity index (χ0v) is 13.1. The molecule has 2 amide bonds. The van der Waals surface area contributed by atoms with Crippen LogP contribution in [0.15, 0.2) is 10.6 Å². The summed E-state index contributed by atoms with van der Waals surface area (Å²) in [4.78, 5) is 11.7. The predicted molar refractivity (Wildman–Crippen MR) is 77.7 cm³/mol. The van der Waals surface area contributed by atoms with Gasteiger partial charge in [-0.25, -0.2) is 4.79 Å².